The van der Waals surface area contributed by atoms with Crippen LogP contribution in [0.1, 0.15) is 38.2 Å². The third-order valence-electron chi connectivity index (χ3n) is 2.74. The lowest BCUT2D eigenvalue weighted by Gasteiger charge is -2.27. The Balaban J connectivity index is 2.57. The first-order chi connectivity index (χ1) is 8.20. The summed E-state index contributed by atoms with van der Waals surface area (Å²) in [7, 11) is 0. The lowest BCUT2D eigenvalue weighted by Crippen LogP contribution is -2.42. The van der Waals surface area contributed by atoms with Gasteiger partial charge < -0.3 is 10.4 Å². The van der Waals surface area contributed by atoms with Gasteiger partial charge in [-0.1, -0.05) is 26.0 Å². The molecule has 2 N–H and O–H groups in total. The maximum Gasteiger partial charge on any atom is 0.358 e. The molecular formula is C11H18N4O3. The average Bonchev–Trinajstić information content (AvgIpc) is 2.64. The molecule has 100 valence electrons. The number of aromatic carboxylic acids is 1. The summed E-state index contributed by atoms with van der Waals surface area (Å²) in [5.74, 6) is -1.39. The van der Waals surface area contributed by atoms with E-state index in [1.165, 1.54) is 10.9 Å². The molecule has 7 heteroatoms. The topological polar surface area (TPSA) is 97.1 Å². The van der Waals surface area contributed by atoms with Gasteiger partial charge in [-0.25, -0.2) is 9.48 Å². The quantitative estimate of drug-likeness (QED) is 0.816. The lowest BCUT2D eigenvalue weighted by atomic mass is 9.88. The number of carboxylic acid groups (broad SMARTS) is 1. The first kappa shape index (κ1) is 14.1. The molecule has 1 atom stereocenters. The van der Waals surface area contributed by atoms with Crippen LogP contribution in [0.15, 0.2) is 6.20 Å². The molecular weight excluding hydrogens is 236 g/mol. The van der Waals surface area contributed by atoms with E-state index >= 15 is 0 Å². The summed E-state index contributed by atoms with van der Waals surface area (Å²) in [4.78, 5) is 22.3. The number of rotatable bonds is 4. The van der Waals surface area contributed by atoms with Crippen LogP contribution in [0.3, 0.4) is 0 Å². The molecule has 0 aliphatic rings. The summed E-state index contributed by atoms with van der Waals surface area (Å²) < 4.78 is 1.20. The number of aromatic nitrogens is 3. The van der Waals surface area contributed by atoms with E-state index in [4.69, 9.17) is 5.11 Å². The molecule has 0 aromatic carbocycles. The number of carbonyl (C=O) groups is 2. The first-order valence-electron chi connectivity index (χ1n) is 5.63. The minimum absolute atomic E-state index is 0.00691. The van der Waals surface area contributed by atoms with E-state index in [-0.39, 0.29) is 29.6 Å². The number of hydrogen-bond acceptors (Lipinski definition) is 4. The number of amides is 1. The maximum absolute atomic E-state index is 11.7. The van der Waals surface area contributed by atoms with Gasteiger partial charge in [-0.2, -0.15) is 0 Å². The van der Waals surface area contributed by atoms with E-state index in [0.29, 0.717) is 0 Å². The highest BCUT2D eigenvalue weighted by Crippen LogP contribution is 2.18. The van der Waals surface area contributed by atoms with Gasteiger partial charge in [0, 0.05) is 6.04 Å². The molecule has 1 rings (SSSR count). The highest BCUT2D eigenvalue weighted by atomic mass is 16.4. The molecule has 0 radical (unpaired) electrons. The molecule has 0 saturated carbocycles. The zero-order chi connectivity index (χ0) is 13.9. The second-order valence-corrected chi connectivity index (χ2v) is 5.26. The molecule has 0 aliphatic heterocycles. The minimum atomic E-state index is -1.16. The minimum Gasteiger partial charge on any atom is -0.476 e. The van der Waals surface area contributed by atoms with E-state index in [9.17, 15) is 9.59 Å². The van der Waals surface area contributed by atoms with Crippen LogP contribution in [0.25, 0.3) is 0 Å². The number of nitrogens with one attached hydrogen (secondary N) is 1. The maximum atomic E-state index is 11.7. The summed E-state index contributed by atoms with van der Waals surface area (Å²) in [6.07, 6.45) is 1.23. The van der Waals surface area contributed by atoms with Crippen molar-refractivity contribution in [3.63, 3.8) is 0 Å². The van der Waals surface area contributed by atoms with E-state index in [1.54, 1.807) is 0 Å². The second-order valence-electron chi connectivity index (χ2n) is 5.26. The van der Waals surface area contributed by atoms with Gasteiger partial charge in [-0.15, -0.1) is 5.10 Å². The van der Waals surface area contributed by atoms with Crippen LogP contribution in [-0.4, -0.2) is 38.0 Å². The number of carboxylic acids is 1. The molecule has 18 heavy (non-hydrogen) atoms. The highest BCUT2D eigenvalue weighted by Gasteiger charge is 2.22. The Kier molecular flexibility index (Phi) is 4.05. The van der Waals surface area contributed by atoms with E-state index < -0.39 is 5.97 Å². The molecule has 0 fully saturated rings. The van der Waals surface area contributed by atoms with Crippen LogP contribution in [-0.2, 0) is 11.3 Å². The molecule has 1 heterocycles. The van der Waals surface area contributed by atoms with Crippen molar-refractivity contribution in [2.45, 2.75) is 40.3 Å². The van der Waals surface area contributed by atoms with Crippen molar-refractivity contribution in [1.29, 1.82) is 0 Å². The number of carbonyl (C=O) groups excluding carboxylic acids is 1. The fourth-order valence-corrected chi connectivity index (χ4v) is 1.12. The van der Waals surface area contributed by atoms with Gasteiger partial charge in [0.15, 0.2) is 5.69 Å². The van der Waals surface area contributed by atoms with Crippen molar-refractivity contribution in [3.8, 4) is 0 Å². The predicted octanol–water partition coefficient (Wildman–Crippen LogP) is 0.527. The van der Waals surface area contributed by atoms with Gasteiger partial charge in [-0.3, -0.25) is 4.79 Å². The Morgan fingerprint density at radius 2 is 2.11 bits per heavy atom. The fourth-order valence-electron chi connectivity index (χ4n) is 1.12. The van der Waals surface area contributed by atoms with Crippen molar-refractivity contribution in [2.75, 3.05) is 0 Å². The molecule has 1 amide bonds. The number of hydrogen-bond donors (Lipinski definition) is 2. The van der Waals surface area contributed by atoms with Crippen molar-refractivity contribution >= 4 is 11.9 Å². The number of nitrogens with zero attached hydrogens (tertiary/aromatic N) is 3. The molecule has 0 bridgehead atoms. The summed E-state index contributed by atoms with van der Waals surface area (Å²) in [5.41, 5.74) is -0.212. The molecule has 0 spiro atoms. The van der Waals surface area contributed by atoms with Gasteiger partial charge in [0.1, 0.15) is 6.54 Å². The SMILES string of the molecule is CC(NC(=O)Cn1cc(C(=O)O)nn1)C(C)(C)C. The monoisotopic (exact) mass is 254 g/mol. The van der Waals surface area contributed by atoms with Crippen LogP contribution in [0, 0.1) is 5.41 Å². The third kappa shape index (κ3) is 3.83. The van der Waals surface area contributed by atoms with E-state index in [0.717, 1.165) is 0 Å². The zero-order valence-corrected chi connectivity index (χ0v) is 11.0. The lowest BCUT2D eigenvalue weighted by molar-refractivity contribution is -0.123. The van der Waals surface area contributed by atoms with E-state index in [1.807, 2.05) is 27.7 Å². The van der Waals surface area contributed by atoms with Gasteiger partial charge in [-0.05, 0) is 12.3 Å². The Morgan fingerprint density at radius 3 is 2.56 bits per heavy atom. The smallest absolute Gasteiger partial charge is 0.358 e. The van der Waals surface area contributed by atoms with Gasteiger partial charge in [0.05, 0.1) is 6.20 Å². The predicted molar refractivity (Wildman–Crippen MR) is 64.0 cm³/mol. The van der Waals surface area contributed by atoms with Crippen LogP contribution in [0.2, 0.25) is 0 Å². The first-order valence-corrected chi connectivity index (χ1v) is 5.63. The third-order valence-corrected chi connectivity index (χ3v) is 2.74. The Bertz CT molecular complexity index is 447. The van der Waals surface area contributed by atoms with Gasteiger partial charge in [0.25, 0.3) is 0 Å². The van der Waals surface area contributed by atoms with Crippen molar-refractivity contribution in [2.24, 2.45) is 5.41 Å². The molecule has 0 aliphatic carbocycles. The normalized spacial score (nSPS) is 13.1. The van der Waals surface area contributed by atoms with Crippen LogP contribution in [0.4, 0.5) is 0 Å². The van der Waals surface area contributed by atoms with Gasteiger partial charge >= 0.3 is 5.97 Å². The van der Waals surface area contributed by atoms with Gasteiger partial charge in [0.2, 0.25) is 5.91 Å². The van der Waals surface area contributed by atoms with Crippen molar-refractivity contribution < 1.29 is 14.7 Å². The van der Waals surface area contributed by atoms with E-state index in [2.05, 4.69) is 15.6 Å². The summed E-state index contributed by atoms with van der Waals surface area (Å²) in [6.45, 7) is 7.95. The standard InChI is InChI=1S/C11H18N4O3/c1-7(11(2,3)4)12-9(16)6-15-5-8(10(17)18)13-14-15/h5,7H,6H2,1-4H3,(H,12,16)(H,17,18). The molecule has 1 aromatic rings. The highest BCUT2D eigenvalue weighted by molar-refractivity contribution is 5.84. The van der Waals surface area contributed by atoms with Crippen LogP contribution < -0.4 is 5.32 Å². The molecule has 1 aromatic heterocycles. The zero-order valence-electron chi connectivity index (χ0n) is 11.0. The fraction of sp³-hybridized carbons (Fsp3) is 0.636. The summed E-state index contributed by atoms with van der Waals surface area (Å²) >= 11 is 0. The summed E-state index contributed by atoms with van der Waals surface area (Å²) in [6, 6.07) is 0.00691. The van der Waals surface area contributed by atoms with Crippen molar-refractivity contribution in [3.05, 3.63) is 11.9 Å². The van der Waals surface area contributed by atoms with Crippen LogP contribution >= 0.6 is 0 Å². The Labute approximate surface area is 105 Å². The molecule has 1 unspecified atom stereocenters. The van der Waals surface area contributed by atoms with Crippen LogP contribution in [0.5, 0.6) is 0 Å². The second kappa shape index (κ2) is 5.16. The largest absolute Gasteiger partial charge is 0.476 e. The average molecular weight is 254 g/mol. The Morgan fingerprint density at radius 1 is 1.50 bits per heavy atom. The molecule has 0 saturated heterocycles. The van der Waals surface area contributed by atoms with Crippen molar-refractivity contribution in [1.82, 2.24) is 20.3 Å². The Hall–Kier alpha value is -1.92. The summed E-state index contributed by atoms with van der Waals surface area (Å²) in [5, 5.41) is 18.5. The molecule has 7 nitrogen and oxygen atoms in total.